The summed E-state index contributed by atoms with van der Waals surface area (Å²) in [7, 11) is 0. The molecule has 0 amide bonds. The molecule has 1 aromatic heterocycles. The summed E-state index contributed by atoms with van der Waals surface area (Å²) >= 11 is 0. The van der Waals surface area contributed by atoms with Gasteiger partial charge in [0.05, 0.1) is 11.0 Å². The van der Waals surface area contributed by atoms with Gasteiger partial charge in [-0.2, -0.15) is 0 Å². The van der Waals surface area contributed by atoms with Crippen LogP contribution in [0.2, 0.25) is 0 Å². The Morgan fingerprint density at radius 1 is 0.266 bits per heavy atom. The molecule has 0 unspecified atom stereocenters. The molecule has 2 heteroatoms. The third-order valence-electron chi connectivity index (χ3n) is 13.3. The van der Waals surface area contributed by atoms with Gasteiger partial charge in [-0.25, -0.2) is 0 Å². The van der Waals surface area contributed by atoms with Gasteiger partial charge in [0.1, 0.15) is 0 Å². The van der Waals surface area contributed by atoms with Crippen LogP contribution in [0.4, 0.5) is 17.1 Å². The Morgan fingerprint density at radius 3 is 1.34 bits per heavy atom. The van der Waals surface area contributed by atoms with E-state index in [0.29, 0.717) is 0 Å². The summed E-state index contributed by atoms with van der Waals surface area (Å²) < 4.78 is 2.40. The Morgan fingerprint density at radius 2 is 0.719 bits per heavy atom. The largest absolute Gasteiger partial charge is 0.310 e. The first-order chi connectivity index (χ1) is 31.8. The average Bonchev–Trinajstić information content (AvgIpc) is 3.70. The third-order valence-corrected chi connectivity index (χ3v) is 13.3. The number of anilines is 3. The maximum atomic E-state index is 2.44. The van der Waals surface area contributed by atoms with Crippen LogP contribution in [0.15, 0.2) is 243 Å². The van der Waals surface area contributed by atoms with E-state index >= 15 is 0 Å². The lowest BCUT2D eigenvalue weighted by atomic mass is 9.70. The Bertz CT molecular complexity index is 3740. The number of nitrogens with zero attached hydrogens (tertiary/aromatic N) is 2. The molecule has 12 aromatic rings. The SMILES string of the molecule is c1ccc(-c2ccc(N(c3ccc4cc5c(cc4c3)-c3c-5c(-c4ccccc4)c4ccccc4c3-c3ccccc3)c3ccc4c5ccccc5n(-c5ccccc5)c4c3)cc2)cc1. The predicted molar refractivity (Wildman–Crippen MR) is 271 cm³/mol. The Labute approximate surface area is 372 Å². The molecule has 0 atom stereocenters. The summed E-state index contributed by atoms with van der Waals surface area (Å²) in [5, 5.41) is 7.47. The zero-order valence-electron chi connectivity index (χ0n) is 35.0. The minimum atomic E-state index is 1.10. The minimum Gasteiger partial charge on any atom is -0.310 e. The van der Waals surface area contributed by atoms with Crippen LogP contribution in [0.5, 0.6) is 0 Å². The van der Waals surface area contributed by atoms with Gasteiger partial charge in [0, 0.05) is 33.5 Å². The highest BCUT2D eigenvalue weighted by molar-refractivity contribution is 6.26. The molecule has 0 radical (unpaired) electrons. The number of hydrogen-bond donors (Lipinski definition) is 0. The molecule has 13 rings (SSSR count). The number of benzene rings is 11. The van der Waals surface area contributed by atoms with E-state index in [2.05, 4.69) is 252 Å². The van der Waals surface area contributed by atoms with Gasteiger partial charge in [-0.1, -0.05) is 176 Å². The highest BCUT2D eigenvalue weighted by Crippen LogP contribution is 2.60. The number of para-hydroxylation sites is 2. The number of fused-ring (bicyclic) bond motifs is 9. The zero-order valence-corrected chi connectivity index (χ0v) is 35.0. The summed E-state index contributed by atoms with van der Waals surface area (Å²) in [4.78, 5) is 2.42. The quantitative estimate of drug-likeness (QED) is 0.156. The van der Waals surface area contributed by atoms with Gasteiger partial charge in [-0.3, -0.25) is 0 Å². The van der Waals surface area contributed by atoms with Crippen LogP contribution in [-0.2, 0) is 0 Å². The van der Waals surface area contributed by atoms with Crippen molar-refractivity contribution in [1.29, 1.82) is 0 Å². The Hall–Kier alpha value is -8.46. The van der Waals surface area contributed by atoms with E-state index in [9.17, 15) is 0 Å². The Kier molecular flexibility index (Phi) is 8.25. The average molecular weight is 813 g/mol. The molecule has 0 spiro atoms. The fraction of sp³-hybridized carbons (Fsp3) is 0. The molecule has 0 saturated heterocycles. The highest BCUT2D eigenvalue weighted by atomic mass is 15.1. The van der Waals surface area contributed by atoms with E-state index < -0.39 is 0 Å². The lowest BCUT2D eigenvalue weighted by Gasteiger charge is -2.33. The van der Waals surface area contributed by atoms with E-state index in [-0.39, 0.29) is 0 Å². The van der Waals surface area contributed by atoms with Crippen LogP contribution in [0.1, 0.15) is 0 Å². The molecule has 1 aliphatic rings. The predicted octanol–water partition coefficient (Wildman–Crippen LogP) is 17.2. The van der Waals surface area contributed by atoms with Crippen molar-refractivity contribution in [3.63, 3.8) is 0 Å². The van der Waals surface area contributed by atoms with Crippen molar-refractivity contribution in [3.05, 3.63) is 243 Å². The lowest BCUT2D eigenvalue weighted by molar-refractivity contribution is 1.18. The van der Waals surface area contributed by atoms with E-state index in [1.165, 1.54) is 99.0 Å². The summed E-state index contributed by atoms with van der Waals surface area (Å²) in [6, 6.07) is 88.8. The third kappa shape index (κ3) is 5.66. The number of hydrogen-bond acceptors (Lipinski definition) is 1. The van der Waals surface area contributed by atoms with Crippen LogP contribution in [0.3, 0.4) is 0 Å². The van der Waals surface area contributed by atoms with Gasteiger partial charge in [-0.05, 0) is 144 Å². The fourth-order valence-corrected chi connectivity index (χ4v) is 10.4. The summed E-state index contributed by atoms with van der Waals surface area (Å²) in [6.45, 7) is 0. The molecule has 0 fully saturated rings. The van der Waals surface area contributed by atoms with Crippen LogP contribution < -0.4 is 4.90 Å². The van der Waals surface area contributed by atoms with Crippen molar-refractivity contribution in [2.45, 2.75) is 0 Å². The van der Waals surface area contributed by atoms with Crippen molar-refractivity contribution in [2.24, 2.45) is 0 Å². The molecule has 0 aliphatic heterocycles. The Balaban J connectivity index is 1.02. The van der Waals surface area contributed by atoms with Gasteiger partial charge in [-0.15, -0.1) is 0 Å². The van der Waals surface area contributed by atoms with Crippen molar-refractivity contribution in [1.82, 2.24) is 4.57 Å². The van der Waals surface area contributed by atoms with Gasteiger partial charge < -0.3 is 9.47 Å². The van der Waals surface area contributed by atoms with Crippen molar-refractivity contribution >= 4 is 60.4 Å². The fourth-order valence-electron chi connectivity index (χ4n) is 10.4. The van der Waals surface area contributed by atoms with Gasteiger partial charge in [0.25, 0.3) is 0 Å². The molecular formula is C62H40N2. The second-order valence-electron chi connectivity index (χ2n) is 16.8. The molecule has 0 saturated carbocycles. The van der Waals surface area contributed by atoms with Gasteiger partial charge in [0.15, 0.2) is 0 Å². The van der Waals surface area contributed by atoms with Crippen LogP contribution in [0, 0.1) is 0 Å². The smallest absolute Gasteiger partial charge is 0.0561 e. The number of rotatable bonds is 7. The number of aromatic nitrogens is 1. The first kappa shape index (κ1) is 36.2. The molecule has 11 aromatic carbocycles. The maximum absolute atomic E-state index is 2.44. The molecule has 64 heavy (non-hydrogen) atoms. The molecule has 1 aliphatic carbocycles. The normalized spacial score (nSPS) is 11.8. The minimum absolute atomic E-state index is 1.10. The van der Waals surface area contributed by atoms with Crippen LogP contribution in [-0.4, -0.2) is 4.57 Å². The zero-order chi connectivity index (χ0) is 42.1. The summed E-state index contributed by atoms with van der Waals surface area (Å²) in [5.41, 5.74) is 19.6. The second kappa shape index (κ2) is 14.6. The first-order valence-electron chi connectivity index (χ1n) is 22.1. The van der Waals surface area contributed by atoms with E-state index in [0.717, 1.165) is 22.7 Å². The highest BCUT2D eigenvalue weighted by Gasteiger charge is 2.33. The van der Waals surface area contributed by atoms with Crippen molar-refractivity contribution in [2.75, 3.05) is 4.90 Å². The molecule has 2 nitrogen and oxygen atoms in total. The van der Waals surface area contributed by atoms with Crippen LogP contribution >= 0.6 is 0 Å². The summed E-state index contributed by atoms with van der Waals surface area (Å²) in [5.74, 6) is 0. The topological polar surface area (TPSA) is 8.17 Å². The molecule has 298 valence electrons. The maximum Gasteiger partial charge on any atom is 0.0561 e. The summed E-state index contributed by atoms with van der Waals surface area (Å²) in [6.07, 6.45) is 0. The molecular weight excluding hydrogens is 773 g/mol. The standard InChI is InChI=1S/C62H40N2/c1-5-17-41(18-6-1)42-29-32-48(33-30-42)63(50-35-36-52-51-25-15-16-28-57(51)64(58(52)40-50)47-23-11-4-12-24-47)49-34-31-45-38-55-56(39-46(45)37-49)62-60(44-21-9-3-10-22-44)54-27-14-13-26-53(54)59(61(55)62)43-19-7-2-8-20-43/h1-40H. The molecule has 0 bridgehead atoms. The second-order valence-corrected chi connectivity index (χ2v) is 16.8. The monoisotopic (exact) mass is 812 g/mol. The van der Waals surface area contributed by atoms with Gasteiger partial charge in [0.2, 0.25) is 0 Å². The van der Waals surface area contributed by atoms with Gasteiger partial charge >= 0.3 is 0 Å². The molecule has 1 heterocycles. The van der Waals surface area contributed by atoms with E-state index in [4.69, 9.17) is 0 Å². The van der Waals surface area contributed by atoms with E-state index in [1.54, 1.807) is 0 Å². The van der Waals surface area contributed by atoms with Crippen molar-refractivity contribution < 1.29 is 0 Å². The van der Waals surface area contributed by atoms with E-state index in [1.807, 2.05) is 0 Å². The first-order valence-corrected chi connectivity index (χ1v) is 22.1. The lowest BCUT2D eigenvalue weighted by Crippen LogP contribution is -2.10. The molecule has 0 N–H and O–H groups in total. The van der Waals surface area contributed by atoms with Crippen molar-refractivity contribution in [3.8, 4) is 61.3 Å². The van der Waals surface area contributed by atoms with Crippen LogP contribution in [0.25, 0.3) is 105 Å².